The van der Waals surface area contributed by atoms with E-state index in [9.17, 15) is 4.79 Å². The van der Waals surface area contributed by atoms with Crippen molar-refractivity contribution < 1.29 is 14.3 Å². The first-order valence-corrected chi connectivity index (χ1v) is 23.5. The predicted octanol–water partition coefficient (Wildman–Crippen LogP) is 12.7. The van der Waals surface area contributed by atoms with Crippen LogP contribution in [0, 0.1) is 65.1 Å². The highest BCUT2D eigenvalue weighted by atomic mass is 16.5. The first-order valence-electron chi connectivity index (χ1n) is 23.5. The minimum absolute atomic E-state index is 0.102. The average Bonchev–Trinajstić information content (AvgIpc) is 3.12. The second kappa shape index (κ2) is 19.5. The van der Waals surface area contributed by atoms with Crippen LogP contribution < -0.4 is 0 Å². The summed E-state index contributed by atoms with van der Waals surface area (Å²) in [6, 6.07) is 2.48. The third kappa shape index (κ3) is 10.8. The Balaban J connectivity index is 1.03. The molecule has 6 aliphatic rings. The summed E-state index contributed by atoms with van der Waals surface area (Å²) < 4.78 is 11.4. The largest absolute Gasteiger partial charge is 0.462 e. The Hall–Kier alpha value is -0.610. The maximum absolute atomic E-state index is 11.6. The van der Waals surface area contributed by atoms with Gasteiger partial charge in [0.25, 0.3) is 0 Å². The summed E-state index contributed by atoms with van der Waals surface area (Å²) in [6.45, 7) is 14.1. The first-order chi connectivity index (χ1) is 25.1. The van der Waals surface area contributed by atoms with Gasteiger partial charge in [0.2, 0.25) is 0 Å². The van der Waals surface area contributed by atoms with Crippen molar-refractivity contribution >= 4 is 5.97 Å². The lowest BCUT2D eigenvalue weighted by atomic mass is 9.68. The number of rotatable bonds is 12. The molecule has 12 atom stereocenters. The molecule has 0 aliphatic heterocycles. The zero-order valence-corrected chi connectivity index (χ0v) is 35.4. The average molecular weight is 724 g/mol. The maximum atomic E-state index is 11.6. The molecule has 0 saturated heterocycles. The second-order valence-corrected chi connectivity index (χ2v) is 20.8. The third-order valence-corrected chi connectivity index (χ3v) is 17.3. The molecule has 0 amide bonds. The van der Waals surface area contributed by atoms with Crippen LogP contribution in [0.5, 0.6) is 0 Å². The lowest BCUT2D eigenvalue weighted by Gasteiger charge is -2.52. The molecule has 4 nitrogen and oxygen atoms in total. The van der Waals surface area contributed by atoms with Crippen molar-refractivity contribution in [2.45, 2.75) is 226 Å². The molecule has 300 valence electrons. The van der Waals surface area contributed by atoms with Crippen molar-refractivity contribution in [3.05, 3.63) is 0 Å². The van der Waals surface area contributed by atoms with E-state index >= 15 is 0 Å². The minimum Gasteiger partial charge on any atom is -0.462 e. The van der Waals surface area contributed by atoms with E-state index in [0.717, 1.165) is 83.7 Å². The van der Waals surface area contributed by atoms with Crippen LogP contribution in [-0.2, 0) is 14.3 Å². The Kier molecular flexibility index (Phi) is 15.4. The van der Waals surface area contributed by atoms with Crippen molar-refractivity contribution in [1.82, 2.24) is 4.90 Å². The van der Waals surface area contributed by atoms with Gasteiger partial charge in [-0.15, -0.1) is 0 Å². The summed E-state index contributed by atoms with van der Waals surface area (Å²) >= 11 is 0. The van der Waals surface area contributed by atoms with E-state index in [1.165, 1.54) is 148 Å². The number of methoxy groups -OCH3 is 1. The monoisotopic (exact) mass is 724 g/mol. The molecule has 0 spiro atoms. The van der Waals surface area contributed by atoms with E-state index < -0.39 is 0 Å². The van der Waals surface area contributed by atoms with Crippen molar-refractivity contribution in [1.29, 1.82) is 0 Å². The van der Waals surface area contributed by atoms with E-state index in [1.54, 1.807) is 6.92 Å². The smallest absolute Gasteiger partial charge is 0.302 e. The Morgan fingerprint density at radius 1 is 0.500 bits per heavy atom. The van der Waals surface area contributed by atoms with Gasteiger partial charge in [0.05, 0.1) is 6.10 Å². The summed E-state index contributed by atoms with van der Waals surface area (Å²) in [5.74, 6) is 9.49. The normalized spacial score (nSPS) is 45.1. The zero-order valence-electron chi connectivity index (χ0n) is 35.4. The lowest BCUT2D eigenvalue weighted by molar-refractivity contribution is -0.151. The van der Waals surface area contributed by atoms with Gasteiger partial charge in [-0.2, -0.15) is 0 Å². The molecule has 52 heavy (non-hydrogen) atoms. The van der Waals surface area contributed by atoms with E-state index in [4.69, 9.17) is 9.47 Å². The molecule has 6 fully saturated rings. The van der Waals surface area contributed by atoms with E-state index in [1.807, 2.05) is 7.11 Å². The molecule has 6 saturated carbocycles. The Morgan fingerprint density at radius 3 is 1.40 bits per heavy atom. The van der Waals surface area contributed by atoms with Crippen LogP contribution in [0.4, 0.5) is 0 Å². The number of esters is 1. The molecule has 0 heterocycles. The lowest BCUT2D eigenvalue weighted by Crippen LogP contribution is -2.54. The molecule has 6 aliphatic carbocycles. The Labute approximate surface area is 322 Å². The van der Waals surface area contributed by atoms with Crippen LogP contribution in [0.3, 0.4) is 0 Å². The van der Waals surface area contributed by atoms with Crippen molar-refractivity contribution in [2.24, 2.45) is 65.1 Å². The van der Waals surface area contributed by atoms with Gasteiger partial charge in [0, 0.05) is 32.2 Å². The van der Waals surface area contributed by atoms with Crippen LogP contribution in [0.2, 0.25) is 0 Å². The van der Waals surface area contributed by atoms with Crippen LogP contribution in [0.1, 0.15) is 196 Å². The maximum Gasteiger partial charge on any atom is 0.302 e. The van der Waals surface area contributed by atoms with Gasteiger partial charge >= 0.3 is 5.97 Å². The highest BCUT2D eigenvalue weighted by Crippen LogP contribution is 2.47. The molecule has 12 unspecified atom stereocenters. The Morgan fingerprint density at radius 2 is 0.962 bits per heavy atom. The van der Waals surface area contributed by atoms with E-state index in [-0.39, 0.29) is 12.1 Å². The van der Waals surface area contributed by atoms with E-state index in [0.29, 0.717) is 12.0 Å². The third-order valence-electron chi connectivity index (χ3n) is 17.3. The van der Waals surface area contributed by atoms with Crippen LogP contribution in [0.15, 0.2) is 0 Å². The molecule has 0 bridgehead atoms. The van der Waals surface area contributed by atoms with Gasteiger partial charge < -0.3 is 9.47 Å². The van der Waals surface area contributed by atoms with Gasteiger partial charge in [-0.1, -0.05) is 60.3 Å². The van der Waals surface area contributed by atoms with Gasteiger partial charge in [-0.25, -0.2) is 0 Å². The topological polar surface area (TPSA) is 38.8 Å². The molecule has 4 heteroatoms. The van der Waals surface area contributed by atoms with Gasteiger partial charge in [0.1, 0.15) is 6.10 Å². The molecule has 0 aromatic carbocycles. The number of hydrogen-bond acceptors (Lipinski definition) is 4. The molecule has 0 aromatic heterocycles. The predicted molar refractivity (Wildman–Crippen MR) is 217 cm³/mol. The summed E-state index contributed by atoms with van der Waals surface area (Å²) in [6.07, 6.45) is 34.7. The minimum atomic E-state index is -0.102. The molecule has 6 rings (SSSR count). The highest BCUT2D eigenvalue weighted by molar-refractivity contribution is 5.66. The van der Waals surface area contributed by atoms with E-state index in [2.05, 4.69) is 39.5 Å². The molecular formula is C48H85NO3. The van der Waals surface area contributed by atoms with Crippen molar-refractivity contribution in [3.8, 4) is 0 Å². The Bertz CT molecular complexity index is 1060. The summed E-state index contributed by atoms with van der Waals surface area (Å²) in [5, 5.41) is 0. The van der Waals surface area contributed by atoms with Gasteiger partial charge in [-0.05, 0) is 194 Å². The highest BCUT2D eigenvalue weighted by Gasteiger charge is 2.42. The van der Waals surface area contributed by atoms with Gasteiger partial charge in [0.15, 0.2) is 0 Å². The van der Waals surface area contributed by atoms with Crippen LogP contribution >= 0.6 is 0 Å². The quantitative estimate of drug-likeness (QED) is 0.188. The summed E-state index contributed by atoms with van der Waals surface area (Å²) in [5.41, 5.74) is 0. The number of carbonyl (C=O) groups excluding carboxylic acids is 1. The fourth-order valence-electron chi connectivity index (χ4n) is 13.9. The van der Waals surface area contributed by atoms with Gasteiger partial charge in [-0.3, -0.25) is 9.69 Å². The standard InChI is InChI=1S/C48H85NO3/c1-32-8-14-42(15-9-32)43-20-22-44(23-21-43)49(45-24-18-40(33(2)30-45)16-10-38-12-26-47(51-7)35(4)28-38)46-25-19-41(34(3)31-46)17-11-39-13-27-48(36(5)29-39)52-37(6)50/h32-36,38-48H,8-31H2,1-7H3. The first kappa shape index (κ1) is 41.0. The fraction of sp³-hybridized carbons (Fsp3) is 0.979. The number of ether oxygens (including phenoxy) is 2. The number of nitrogens with zero attached hydrogens (tertiary/aromatic N) is 1. The van der Waals surface area contributed by atoms with Crippen LogP contribution in [-0.4, -0.2) is 48.3 Å². The fourth-order valence-corrected chi connectivity index (χ4v) is 13.9. The zero-order chi connectivity index (χ0) is 36.8. The molecular weight excluding hydrogens is 639 g/mol. The molecule has 0 aromatic rings. The molecule has 0 radical (unpaired) electrons. The number of hydrogen-bond donors (Lipinski definition) is 0. The van der Waals surface area contributed by atoms with Crippen molar-refractivity contribution in [3.63, 3.8) is 0 Å². The van der Waals surface area contributed by atoms with Crippen LogP contribution in [0.25, 0.3) is 0 Å². The SMILES string of the molecule is COC1CCC(CCC2CCC(N(C3CCC(C4CCC(C)CC4)CC3)C3CCC(CCC4CCC(OC(C)=O)C(C)C4)C(C)C3)CC2C)CC1C. The molecule has 0 N–H and O–H groups in total. The second-order valence-electron chi connectivity index (χ2n) is 20.8. The van der Waals surface area contributed by atoms with Crippen molar-refractivity contribution in [2.75, 3.05) is 7.11 Å². The summed E-state index contributed by atoms with van der Waals surface area (Å²) in [4.78, 5) is 14.8. The summed E-state index contributed by atoms with van der Waals surface area (Å²) in [7, 11) is 1.92. The number of carbonyl (C=O) groups is 1.